The summed E-state index contributed by atoms with van der Waals surface area (Å²) in [5, 5.41) is 15.6. The summed E-state index contributed by atoms with van der Waals surface area (Å²) >= 11 is 0. The molecule has 0 atom stereocenters. The summed E-state index contributed by atoms with van der Waals surface area (Å²) in [4.78, 5) is 0. The second-order valence-electron chi connectivity index (χ2n) is 3.68. The summed E-state index contributed by atoms with van der Waals surface area (Å²) < 4.78 is 26.2. The molecule has 1 saturated heterocycles. The van der Waals surface area contributed by atoms with Crippen LogP contribution in [0.2, 0.25) is 0 Å². The number of nitrogens with one attached hydrogen (secondary N) is 1. The molecule has 6 heteroatoms. The first-order valence-corrected chi connectivity index (χ1v) is 4.59. The van der Waals surface area contributed by atoms with Crippen molar-refractivity contribution in [3.05, 3.63) is 18.0 Å². The van der Waals surface area contributed by atoms with E-state index in [1.54, 1.807) is 0 Å². The lowest BCUT2D eigenvalue weighted by atomic mass is 9.89. The van der Waals surface area contributed by atoms with Gasteiger partial charge in [-0.3, -0.25) is 4.68 Å². The van der Waals surface area contributed by atoms with Crippen LogP contribution in [-0.2, 0) is 5.54 Å². The molecule has 0 aliphatic carbocycles. The van der Waals surface area contributed by atoms with E-state index in [1.807, 2.05) is 0 Å². The van der Waals surface area contributed by atoms with Crippen molar-refractivity contribution < 1.29 is 8.78 Å². The van der Waals surface area contributed by atoms with Crippen LogP contribution in [0.15, 0.2) is 12.4 Å². The van der Waals surface area contributed by atoms with Gasteiger partial charge in [-0.05, 0) is 0 Å². The quantitative estimate of drug-likeness (QED) is 0.814. The summed E-state index contributed by atoms with van der Waals surface area (Å²) in [6.07, 6.45) is 0.251. The van der Waals surface area contributed by atoms with Gasteiger partial charge >= 0.3 is 0 Å². The largest absolute Gasteiger partial charge is 0.312 e. The minimum Gasteiger partial charge on any atom is -0.312 e. The Morgan fingerprint density at radius 2 is 2.40 bits per heavy atom. The Kier molecular flexibility index (Phi) is 2.40. The van der Waals surface area contributed by atoms with E-state index < -0.39 is 12.0 Å². The third-order valence-corrected chi connectivity index (χ3v) is 2.66. The molecule has 0 unspecified atom stereocenters. The Labute approximate surface area is 85.5 Å². The lowest BCUT2D eigenvalue weighted by Crippen LogP contribution is -2.60. The van der Waals surface area contributed by atoms with Crippen molar-refractivity contribution in [1.82, 2.24) is 15.1 Å². The zero-order chi connectivity index (χ0) is 10.9. The van der Waals surface area contributed by atoms with Crippen LogP contribution >= 0.6 is 0 Å². The van der Waals surface area contributed by atoms with Crippen LogP contribution < -0.4 is 5.32 Å². The Morgan fingerprint density at radius 3 is 2.80 bits per heavy atom. The molecule has 0 aromatic carbocycles. The van der Waals surface area contributed by atoms with Gasteiger partial charge < -0.3 is 5.32 Å². The second-order valence-corrected chi connectivity index (χ2v) is 3.68. The average molecular weight is 212 g/mol. The SMILES string of the molecule is N#CCC1(n2cc(C(F)F)cn2)CNC1. The molecule has 1 aliphatic heterocycles. The zero-order valence-corrected chi connectivity index (χ0v) is 7.95. The van der Waals surface area contributed by atoms with Crippen LogP contribution in [0.5, 0.6) is 0 Å². The predicted molar refractivity (Wildman–Crippen MR) is 48.3 cm³/mol. The molecule has 2 heterocycles. The third-order valence-electron chi connectivity index (χ3n) is 2.66. The Morgan fingerprint density at radius 1 is 1.67 bits per heavy atom. The lowest BCUT2D eigenvalue weighted by Gasteiger charge is -2.41. The van der Waals surface area contributed by atoms with E-state index in [1.165, 1.54) is 10.9 Å². The number of halogens is 2. The highest BCUT2D eigenvalue weighted by Crippen LogP contribution is 2.27. The Bertz CT molecular complexity index is 389. The van der Waals surface area contributed by atoms with Crippen LogP contribution in [0.1, 0.15) is 18.4 Å². The van der Waals surface area contributed by atoms with Gasteiger partial charge in [-0.2, -0.15) is 10.4 Å². The first-order valence-electron chi connectivity index (χ1n) is 4.59. The number of alkyl halides is 2. The Hall–Kier alpha value is -1.48. The number of nitriles is 1. The lowest BCUT2D eigenvalue weighted by molar-refractivity contribution is 0.146. The highest BCUT2D eigenvalue weighted by molar-refractivity contribution is 5.11. The molecule has 80 valence electrons. The molecule has 1 fully saturated rings. The van der Waals surface area contributed by atoms with Gasteiger partial charge in [0.05, 0.1) is 24.3 Å². The first-order chi connectivity index (χ1) is 7.18. The molecule has 15 heavy (non-hydrogen) atoms. The molecule has 1 aromatic heterocycles. The summed E-state index contributed by atoms with van der Waals surface area (Å²) in [6.45, 7) is 1.20. The van der Waals surface area contributed by atoms with Gasteiger partial charge in [-0.1, -0.05) is 0 Å². The van der Waals surface area contributed by atoms with Gasteiger partial charge in [-0.25, -0.2) is 8.78 Å². The van der Waals surface area contributed by atoms with Crippen LogP contribution in [-0.4, -0.2) is 22.9 Å². The summed E-state index contributed by atoms with van der Waals surface area (Å²) in [7, 11) is 0. The highest BCUT2D eigenvalue weighted by Gasteiger charge is 2.39. The highest BCUT2D eigenvalue weighted by atomic mass is 19.3. The molecule has 0 saturated carbocycles. The Balaban J connectivity index is 2.24. The molecule has 1 N–H and O–H groups in total. The fourth-order valence-corrected chi connectivity index (χ4v) is 1.64. The first kappa shape index (κ1) is 10.1. The van der Waals surface area contributed by atoms with Crippen molar-refractivity contribution >= 4 is 0 Å². The number of rotatable bonds is 3. The molecular formula is C9H10F2N4. The maximum Gasteiger partial charge on any atom is 0.266 e. The van der Waals surface area contributed by atoms with Crippen molar-refractivity contribution in [3.63, 3.8) is 0 Å². The van der Waals surface area contributed by atoms with Crippen molar-refractivity contribution in [2.24, 2.45) is 0 Å². The van der Waals surface area contributed by atoms with Crippen LogP contribution in [0, 0.1) is 11.3 Å². The van der Waals surface area contributed by atoms with E-state index in [-0.39, 0.29) is 12.0 Å². The summed E-state index contributed by atoms with van der Waals surface area (Å²) in [6, 6.07) is 2.06. The fraction of sp³-hybridized carbons (Fsp3) is 0.556. The van der Waals surface area contributed by atoms with E-state index in [4.69, 9.17) is 5.26 Å². The molecule has 1 aliphatic rings. The molecule has 4 nitrogen and oxygen atoms in total. The number of hydrogen-bond acceptors (Lipinski definition) is 3. The molecular weight excluding hydrogens is 202 g/mol. The van der Waals surface area contributed by atoms with Crippen LogP contribution in [0.4, 0.5) is 8.78 Å². The van der Waals surface area contributed by atoms with E-state index in [0.717, 1.165) is 6.20 Å². The molecule has 1 aromatic rings. The van der Waals surface area contributed by atoms with Crippen molar-refractivity contribution in [1.29, 1.82) is 5.26 Å². The van der Waals surface area contributed by atoms with Crippen LogP contribution in [0.25, 0.3) is 0 Å². The standard InChI is InChI=1S/C9H10F2N4/c10-8(11)7-3-14-15(4-7)9(1-2-12)5-13-6-9/h3-4,8,13H,1,5-6H2. The van der Waals surface area contributed by atoms with Gasteiger partial charge in [0.2, 0.25) is 0 Å². The second kappa shape index (κ2) is 3.59. The zero-order valence-electron chi connectivity index (χ0n) is 7.95. The third kappa shape index (κ3) is 1.59. The summed E-state index contributed by atoms with van der Waals surface area (Å²) in [5.41, 5.74) is -0.527. The molecule has 0 bridgehead atoms. The van der Waals surface area contributed by atoms with Crippen molar-refractivity contribution in [2.75, 3.05) is 13.1 Å². The van der Waals surface area contributed by atoms with Gasteiger partial charge in [-0.15, -0.1) is 0 Å². The van der Waals surface area contributed by atoms with Crippen molar-refractivity contribution in [2.45, 2.75) is 18.4 Å². The van der Waals surface area contributed by atoms with Gasteiger partial charge in [0, 0.05) is 19.3 Å². The minimum absolute atomic E-state index is 0.0979. The van der Waals surface area contributed by atoms with Gasteiger partial charge in [0.25, 0.3) is 6.43 Å². The average Bonchev–Trinajstić information content (AvgIpc) is 2.60. The number of aromatic nitrogens is 2. The van der Waals surface area contributed by atoms with Gasteiger partial charge in [0.15, 0.2) is 0 Å². The van der Waals surface area contributed by atoms with Crippen molar-refractivity contribution in [3.8, 4) is 6.07 Å². The molecule has 2 rings (SSSR count). The maximum atomic E-state index is 12.3. The molecule has 0 amide bonds. The van der Waals surface area contributed by atoms with E-state index in [2.05, 4.69) is 16.5 Å². The smallest absolute Gasteiger partial charge is 0.266 e. The van der Waals surface area contributed by atoms with Crippen LogP contribution in [0.3, 0.4) is 0 Å². The maximum absolute atomic E-state index is 12.3. The van der Waals surface area contributed by atoms with E-state index in [9.17, 15) is 8.78 Å². The number of hydrogen-bond donors (Lipinski definition) is 1. The summed E-state index contributed by atoms with van der Waals surface area (Å²) in [5.74, 6) is 0. The topological polar surface area (TPSA) is 53.6 Å². The van der Waals surface area contributed by atoms with E-state index in [0.29, 0.717) is 13.1 Å². The monoisotopic (exact) mass is 212 g/mol. The number of nitrogens with zero attached hydrogens (tertiary/aromatic N) is 3. The fourth-order valence-electron chi connectivity index (χ4n) is 1.64. The minimum atomic E-state index is -2.51. The molecule has 0 spiro atoms. The predicted octanol–water partition coefficient (Wildman–Crippen LogP) is 1.03. The van der Waals surface area contributed by atoms with Gasteiger partial charge in [0.1, 0.15) is 5.54 Å². The molecule has 0 radical (unpaired) electrons. The van der Waals surface area contributed by atoms with E-state index >= 15 is 0 Å². The normalized spacial score (nSPS) is 18.5.